The van der Waals surface area contributed by atoms with E-state index in [0.29, 0.717) is 6.04 Å². The summed E-state index contributed by atoms with van der Waals surface area (Å²) < 4.78 is 10.7. The minimum Gasteiger partial charge on any atom is -0.454 e. The van der Waals surface area contributed by atoms with Crippen LogP contribution in [0.25, 0.3) is 6.08 Å². The molecule has 3 rings (SSSR count). The molecule has 0 spiro atoms. The summed E-state index contributed by atoms with van der Waals surface area (Å²) in [5.74, 6) is 2.38. The Kier molecular flexibility index (Phi) is 7.99. The Morgan fingerprint density at radius 1 is 1.11 bits per heavy atom. The van der Waals surface area contributed by atoms with Crippen LogP contribution in [-0.2, 0) is 4.79 Å². The zero-order valence-corrected chi connectivity index (χ0v) is 17.3. The third kappa shape index (κ3) is 5.88. The zero-order valence-electron chi connectivity index (χ0n) is 16.5. The number of halogens is 1. The lowest BCUT2D eigenvalue weighted by atomic mass is 9.86. The monoisotopic (exact) mass is 394 g/mol. The van der Waals surface area contributed by atoms with Crippen molar-refractivity contribution in [2.24, 2.45) is 5.92 Å². The van der Waals surface area contributed by atoms with E-state index in [1.54, 1.807) is 6.08 Å². The van der Waals surface area contributed by atoms with Crippen LogP contribution in [0.15, 0.2) is 24.3 Å². The molecule has 0 bridgehead atoms. The summed E-state index contributed by atoms with van der Waals surface area (Å²) in [5, 5.41) is 0. The van der Waals surface area contributed by atoms with Crippen LogP contribution in [0, 0.1) is 5.92 Å². The van der Waals surface area contributed by atoms with Crippen molar-refractivity contribution < 1.29 is 14.3 Å². The molecular formula is C21H31ClN2O3. The van der Waals surface area contributed by atoms with Crippen LogP contribution >= 0.6 is 12.4 Å². The molecule has 0 atom stereocenters. The number of rotatable bonds is 6. The molecule has 0 unspecified atom stereocenters. The summed E-state index contributed by atoms with van der Waals surface area (Å²) in [5.41, 5.74) is 0.951. The van der Waals surface area contributed by atoms with Gasteiger partial charge in [-0.2, -0.15) is 0 Å². The van der Waals surface area contributed by atoms with E-state index in [2.05, 4.69) is 16.7 Å². The van der Waals surface area contributed by atoms with E-state index in [1.165, 1.54) is 12.8 Å². The van der Waals surface area contributed by atoms with E-state index in [0.717, 1.165) is 48.9 Å². The lowest BCUT2D eigenvalue weighted by molar-refractivity contribution is -0.129. The highest BCUT2D eigenvalue weighted by Crippen LogP contribution is 2.33. The van der Waals surface area contributed by atoms with Crippen molar-refractivity contribution in [3.05, 3.63) is 29.8 Å². The second-order valence-electron chi connectivity index (χ2n) is 7.69. The fourth-order valence-corrected chi connectivity index (χ4v) is 3.61. The maximum absolute atomic E-state index is 12.9. The van der Waals surface area contributed by atoms with E-state index in [1.807, 2.05) is 38.4 Å². The van der Waals surface area contributed by atoms with E-state index >= 15 is 0 Å². The summed E-state index contributed by atoms with van der Waals surface area (Å²) in [4.78, 5) is 17.1. The molecule has 1 aliphatic heterocycles. The lowest BCUT2D eigenvalue weighted by Gasteiger charge is -2.36. The quantitative estimate of drug-likeness (QED) is 0.688. The van der Waals surface area contributed by atoms with Gasteiger partial charge in [-0.25, -0.2) is 0 Å². The average molecular weight is 395 g/mol. The SMILES string of the molecule is CN(C)CCN(C(=O)C=Cc1ccc2c(c1)OCO2)[C@H]1CC[C@H](C)CC1.Cl. The summed E-state index contributed by atoms with van der Waals surface area (Å²) in [6.45, 7) is 4.23. The highest BCUT2D eigenvalue weighted by Gasteiger charge is 2.26. The van der Waals surface area contributed by atoms with Gasteiger partial charge < -0.3 is 19.3 Å². The largest absolute Gasteiger partial charge is 0.454 e. The molecule has 1 heterocycles. The predicted molar refractivity (Wildman–Crippen MR) is 111 cm³/mol. The van der Waals surface area contributed by atoms with E-state index in [9.17, 15) is 4.79 Å². The second kappa shape index (κ2) is 10.00. The van der Waals surface area contributed by atoms with Gasteiger partial charge >= 0.3 is 0 Å². The number of carbonyl (C=O) groups excluding carboxylic acids is 1. The van der Waals surface area contributed by atoms with E-state index in [-0.39, 0.29) is 25.1 Å². The summed E-state index contributed by atoms with van der Waals surface area (Å²) in [6.07, 6.45) is 8.21. The minimum absolute atomic E-state index is 0. The molecule has 0 radical (unpaired) electrons. The number of amides is 1. The van der Waals surface area contributed by atoms with E-state index in [4.69, 9.17) is 9.47 Å². The van der Waals surface area contributed by atoms with Crippen LogP contribution in [0.5, 0.6) is 11.5 Å². The molecule has 27 heavy (non-hydrogen) atoms. The predicted octanol–water partition coefficient (Wildman–Crippen LogP) is 3.82. The van der Waals surface area contributed by atoms with Crippen molar-refractivity contribution in [2.75, 3.05) is 34.0 Å². The Labute approximate surface area is 168 Å². The normalized spacial score (nSPS) is 21.3. The molecule has 1 fully saturated rings. The second-order valence-corrected chi connectivity index (χ2v) is 7.69. The Morgan fingerprint density at radius 2 is 1.81 bits per heavy atom. The maximum Gasteiger partial charge on any atom is 0.246 e. The minimum atomic E-state index is 0. The number of likely N-dealkylation sites (N-methyl/N-ethyl adjacent to an activating group) is 1. The Balaban J connectivity index is 0.00000261. The first-order chi connectivity index (χ1) is 12.5. The van der Waals surface area contributed by atoms with Gasteiger partial charge in [0.15, 0.2) is 11.5 Å². The summed E-state index contributed by atoms with van der Waals surface area (Å²) in [6, 6.07) is 6.11. The molecule has 6 heteroatoms. The number of ether oxygens (including phenoxy) is 2. The van der Waals surface area contributed by atoms with Crippen molar-refractivity contribution in [3.8, 4) is 11.5 Å². The fourth-order valence-electron chi connectivity index (χ4n) is 3.61. The third-order valence-electron chi connectivity index (χ3n) is 5.31. The van der Waals surface area contributed by atoms with Gasteiger partial charge in [-0.3, -0.25) is 4.79 Å². The molecule has 1 aliphatic carbocycles. The standard InChI is InChI=1S/C21H30N2O3.ClH/c1-16-4-8-18(9-5-16)23(13-12-22(2)3)21(24)11-7-17-6-10-19-20(14-17)26-15-25-19;/h6-7,10-11,14,16,18H,4-5,8-9,12-13,15H2,1-3H3;1H/t16-,18-;. The van der Waals surface area contributed by atoms with Crippen molar-refractivity contribution in [1.82, 2.24) is 9.80 Å². The van der Waals surface area contributed by atoms with Crippen LogP contribution in [-0.4, -0.2) is 55.7 Å². The van der Waals surface area contributed by atoms with Gasteiger partial charge in [-0.15, -0.1) is 12.4 Å². The van der Waals surface area contributed by atoms with Gasteiger partial charge in [0.1, 0.15) is 0 Å². The number of hydrogen-bond donors (Lipinski definition) is 0. The van der Waals surface area contributed by atoms with Gasteiger partial charge in [0, 0.05) is 25.2 Å². The highest BCUT2D eigenvalue weighted by molar-refractivity contribution is 5.92. The van der Waals surface area contributed by atoms with Crippen molar-refractivity contribution in [2.45, 2.75) is 38.6 Å². The molecular weight excluding hydrogens is 364 g/mol. The molecule has 0 N–H and O–H groups in total. The number of benzene rings is 1. The van der Waals surface area contributed by atoms with Gasteiger partial charge in [0.05, 0.1) is 0 Å². The first-order valence-electron chi connectivity index (χ1n) is 9.56. The first kappa shape index (κ1) is 21.6. The molecule has 5 nitrogen and oxygen atoms in total. The van der Waals surface area contributed by atoms with Gasteiger partial charge in [0.2, 0.25) is 12.7 Å². The molecule has 1 amide bonds. The number of fused-ring (bicyclic) bond motifs is 1. The van der Waals surface area contributed by atoms with Gasteiger partial charge in [0.25, 0.3) is 0 Å². The van der Waals surface area contributed by atoms with Gasteiger partial charge in [-0.1, -0.05) is 13.0 Å². The summed E-state index contributed by atoms with van der Waals surface area (Å²) in [7, 11) is 4.10. The topological polar surface area (TPSA) is 42.0 Å². The number of hydrogen-bond acceptors (Lipinski definition) is 4. The Morgan fingerprint density at radius 3 is 2.52 bits per heavy atom. The van der Waals surface area contributed by atoms with Crippen molar-refractivity contribution in [1.29, 1.82) is 0 Å². The van der Waals surface area contributed by atoms with Gasteiger partial charge in [-0.05, 0) is 69.5 Å². The molecule has 0 aromatic heterocycles. The molecule has 2 aliphatic rings. The number of nitrogens with zero attached hydrogens (tertiary/aromatic N) is 2. The molecule has 150 valence electrons. The molecule has 0 saturated heterocycles. The van der Waals surface area contributed by atoms with Crippen molar-refractivity contribution in [3.63, 3.8) is 0 Å². The van der Waals surface area contributed by atoms with Crippen LogP contribution in [0.3, 0.4) is 0 Å². The molecule has 1 aromatic rings. The zero-order chi connectivity index (χ0) is 18.5. The van der Waals surface area contributed by atoms with E-state index < -0.39 is 0 Å². The first-order valence-corrected chi connectivity index (χ1v) is 9.56. The Hall–Kier alpha value is -1.72. The highest BCUT2D eigenvalue weighted by atomic mass is 35.5. The molecule has 1 aromatic carbocycles. The van der Waals surface area contributed by atoms with Crippen LogP contribution < -0.4 is 9.47 Å². The average Bonchev–Trinajstić information content (AvgIpc) is 3.09. The van der Waals surface area contributed by atoms with Crippen LogP contribution in [0.4, 0.5) is 0 Å². The third-order valence-corrected chi connectivity index (χ3v) is 5.31. The Bertz CT molecular complexity index is 655. The maximum atomic E-state index is 12.9. The molecule has 1 saturated carbocycles. The smallest absolute Gasteiger partial charge is 0.246 e. The number of carbonyl (C=O) groups is 1. The summed E-state index contributed by atoms with van der Waals surface area (Å²) >= 11 is 0. The fraction of sp³-hybridized carbons (Fsp3) is 0.571. The van der Waals surface area contributed by atoms with Crippen LogP contribution in [0.1, 0.15) is 38.2 Å². The lowest BCUT2D eigenvalue weighted by Crippen LogP contribution is -2.44. The van der Waals surface area contributed by atoms with Crippen LogP contribution in [0.2, 0.25) is 0 Å². The van der Waals surface area contributed by atoms with Crippen molar-refractivity contribution >= 4 is 24.4 Å².